The number of carbonyl (C=O) groups is 1. The quantitative estimate of drug-likeness (QED) is 0.465. The molecule has 2 aromatic rings. The minimum absolute atomic E-state index is 0.490. The van der Waals surface area contributed by atoms with Gasteiger partial charge in [-0.25, -0.2) is 22.0 Å². The van der Waals surface area contributed by atoms with Gasteiger partial charge >= 0.3 is 0 Å². The number of rotatable bonds is 3. The predicted octanol–water partition coefficient (Wildman–Crippen LogP) is 4.20. The molecule has 0 aromatic heterocycles. The first kappa shape index (κ1) is 17.9. The molecule has 0 heterocycles. The SMILES string of the molecule is Cc1ccc(C)c(N(C)C(=O)Cc2c(F)c(F)c(F)c(F)c2F)c1. The number of hydrogen-bond acceptors (Lipinski definition) is 1. The number of benzene rings is 2. The van der Waals surface area contributed by atoms with E-state index in [2.05, 4.69) is 0 Å². The Bertz CT molecular complexity index is 790. The van der Waals surface area contributed by atoms with Gasteiger partial charge in [-0.15, -0.1) is 0 Å². The molecule has 1 amide bonds. The Morgan fingerprint density at radius 3 is 1.96 bits per heavy atom. The molecule has 24 heavy (non-hydrogen) atoms. The van der Waals surface area contributed by atoms with Crippen LogP contribution in [0.15, 0.2) is 18.2 Å². The van der Waals surface area contributed by atoms with Crippen LogP contribution in [0.3, 0.4) is 0 Å². The fourth-order valence-electron chi connectivity index (χ4n) is 2.29. The number of anilines is 1. The first-order valence-corrected chi connectivity index (χ1v) is 6.99. The summed E-state index contributed by atoms with van der Waals surface area (Å²) in [6.45, 7) is 3.53. The van der Waals surface area contributed by atoms with Crippen LogP contribution in [-0.2, 0) is 11.2 Å². The second-order valence-corrected chi connectivity index (χ2v) is 5.47. The number of nitrogens with zero attached hydrogens (tertiary/aromatic N) is 1. The van der Waals surface area contributed by atoms with Crippen LogP contribution in [-0.4, -0.2) is 13.0 Å². The highest BCUT2D eigenvalue weighted by atomic mass is 19.2. The lowest BCUT2D eigenvalue weighted by atomic mass is 10.1. The van der Waals surface area contributed by atoms with E-state index in [1.165, 1.54) is 7.05 Å². The van der Waals surface area contributed by atoms with Gasteiger partial charge in [0.25, 0.3) is 0 Å². The van der Waals surface area contributed by atoms with Crippen LogP contribution in [0.2, 0.25) is 0 Å². The summed E-state index contributed by atoms with van der Waals surface area (Å²) in [7, 11) is 1.37. The van der Waals surface area contributed by atoms with Crippen molar-refractivity contribution in [3.63, 3.8) is 0 Å². The molecule has 0 saturated carbocycles. The summed E-state index contributed by atoms with van der Waals surface area (Å²) >= 11 is 0. The van der Waals surface area contributed by atoms with E-state index in [0.717, 1.165) is 16.0 Å². The van der Waals surface area contributed by atoms with E-state index >= 15 is 0 Å². The molecule has 2 rings (SSSR count). The molecule has 2 aromatic carbocycles. The fraction of sp³-hybridized carbons (Fsp3) is 0.235. The van der Waals surface area contributed by atoms with Crippen molar-refractivity contribution < 1.29 is 26.7 Å². The van der Waals surface area contributed by atoms with Gasteiger partial charge in [-0.2, -0.15) is 0 Å². The van der Waals surface area contributed by atoms with Crippen molar-refractivity contribution >= 4 is 11.6 Å². The van der Waals surface area contributed by atoms with E-state index in [0.29, 0.717) is 5.69 Å². The van der Waals surface area contributed by atoms with Crippen LogP contribution in [0.4, 0.5) is 27.6 Å². The molecule has 0 aliphatic carbocycles. The van der Waals surface area contributed by atoms with E-state index in [9.17, 15) is 26.7 Å². The normalized spacial score (nSPS) is 10.8. The monoisotopic (exact) mass is 343 g/mol. The Labute approximate surface area is 135 Å². The topological polar surface area (TPSA) is 20.3 Å². The highest BCUT2D eigenvalue weighted by molar-refractivity contribution is 5.95. The zero-order valence-corrected chi connectivity index (χ0v) is 13.2. The molecule has 0 spiro atoms. The van der Waals surface area contributed by atoms with Gasteiger partial charge in [-0.1, -0.05) is 12.1 Å². The molecule has 0 radical (unpaired) electrons. The molecule has 7 heteroatoms. The second kappa shape index (κ2) is 6.59. The van der Waals surface area contributed by atoms with Gasteiger partial charge in [0.2, 0.25) is 11.7 Å². The van der Waals surface area contributed by atoms with Crippen molar-refractivity contribution in [2.75, 3.05) is 11.9 Å². The van der Waals surface area contributed by atoms with Gasteiger partial charge in [0.1, 0.15) is 0 Å². The summed E-state index contributed by atoms with van der Waals surface area (Å²) in [6.07, 6.45) is -0.949. The van der Waals surface area contributed by atoms with E-state index in [-0.39, 0.29) is 0 Å². The molecule has 2 nitrogen and oxygen atoms in total. The molecular weight excluding hydrogens is 329 g/mol. The number of halogens is 5. The Balaban J connectivity index is 2.38. The van der Waals surface area contributed by atoms with E-state index in [1.54, 1.807) is 26.0 Å². The van der Waals surface area contributed by atoms with E-state index < -0.39 is 47.0 Å². The van der Waals surface area contributed by atoms with Crippen molar-refractivity contribution in [1.29, 1.82) is 0 Å². The van der Waals surface area contributed by atoms with Gasteiger partial charge in [-0.3, -0.25) is 4.79 Å². The van der Waals surface area contributed by atoms with Gasteiger partial charge in [0, 0.05) is 18.3 Å². The molecule has 128 valence electrons. The van der Waals surface area contributed by atoms with Crippen molar-refractivity contribution in [1.82, 2.24) is 0 Å². The Morgan fingerprint density at radius 2 is 1.42 bits per heavy atom. The van der Waals surface area contributed by atoms with Gasteiger partial charge in [0.15, 0.2) is 23.3 Å². The number of carbonyl (C=O) groups excluding carboxylic acids is 1. The number of amides is 1. The summed E-state index contributed by atoms with van der Waals surface area (Å²) < 4.78 is 66.8. The maximum Gasteiger partial charge on any atom is 0.231 e. The maximum absolute atomic E-state index is 13.7. The average molecular weight is 343 g/mol. The van der Waals surface area contributed by atoms with Gasteiger partial charge < -0.3 is 4.90 Å². The third-order valence-corrected chi connectivity index (χ3v) is 3.73. The molecule has 0 saturated heterocycles. The van der Waals surface area contributed by atoms with Crippen molar-refractivity contribution in [3.05, 3.63) is 64.0 Å². The summed E-state index contributed by atoms with van der Waals surface area (Å²) in [5.74, 6) is -11.2. The fourth-order valence-corrected chi connectivity index (χ4v) is 2.29. The highest BCUT2D eigenvalue weighted by Gasteiger charge is 2.28. The third-order valence-electron chi connectivity index (χ3n) is 3.73. The average Bonchev–Trinajstić information content (AvgIpc) is 2.56. The number of likely N-dealkylation sites (N-methyl/N-ethyl adjacent to an activating group) is 1. The van der Waals surface area contributed by atoms with E-state index in [4.69, 9.17) is 0 Å². The summed E-state index contributed by atoms with van der Waals surface area (Å²) in [4.78, 5) is 13.4. The van der Waals surface area contributed by atoms with Crippen LogP contribution in [0.25, 0.3) is 0 Å². The van der Waals surface area contributed by atoms with Crippen LogP contribution in [0, 0.1) is 42.9 Å². The second-order valence-electron chi connectivity index (χ2n) is 5.47. The minimum Gasteiger partial charge on any atom is -0.315 e. The molecule has 0 bridgehead atoms. The Hall–Kier alpha value is -2.44. The summed E-state index contributed by atoms with van der Waals surface area (Å²) in [6, 6.07) is 5.26. The molecule has 0 atom stereocenters. The first-order valence-electron chi connectivity index (χ1n) is 6.99. The molecule has 0 aliphatic rings. The van der Waals surface area contributed by atoms with Crippen molar-refractivity contribution in [2.24, 2.45) is 0 Å². The van der Waals surface area contributed by atoms with Crippen LogP contribution in [0.1, 0.15) is 16.7 Å². The predicted molar refractivity (Wildman–Crippen MR) is 79.3 cm³/mol. The lowest BCUT2D eigenvalue weighted by Gasteiger charge is -2.20. The van der Waals surface area contributed by atoms with Crippen LogP contribution >= 0.6 is 0 Å². The molecular formula is C17H14F5NO. The molecule has 0 aliphatic heterocycles. The molecule has 0 fully saturated rings. The zero-order valence-electron chi connectivity index (χ0n) is 13.2. The van der Waals surface area contributed by atoms with Gasteiger partial charge in [-0.05, 0) is 31.0 Å². The Kier molecular flexibility index (Phi) is 4.91. The lowest BCUT2D eigenvalue weighted by molar-refractivity contribution is -0.117. The van der Waals surface area contributed by atoms with Crippen molar-refractivity contribution in [3.8, 4) is 0 Å². The summed E-state index contributed by atoms with van der Waals surface area (Å²) in [5, 5.41) is 0. The largest absolute Gasteiger partial charge is 0.315 e. The highest BCUT2D eigenvalue weighted by Crippen LogP contribution is 2.25. The standard InChI is InChI=1S/C17H14F5NO/c1-8-4-5-9(2)11(6-8)23(3)12(24)7-10-13(18)15(20)17(22)16(21)14(10)19/h4-6H,7H2,1-3H3. The molecule has 0 N–H and O–H groups in total. The third kappa shape index (κ3) is 3.11. The van der Waals surface area contributed by atoms with E-state index in [1.807, 2.05) is 6.07 Å². The smallest absolute Gasteiger partial charge is 0.231 e. The molecule has 0 unspecified atom stereocenters. The van der Waals surface area contributed by atoms with Crippen LogP contribution in [0.5, 0.6) is 0 Å². The van der Waals surface area contributed by atoms with Gasteiger partial charge in [0.05, 0.1) is 6.42 Å². The number of aryl methyl sites for hydroxylation is 2. The first-order chi connectivity index (χ1) is 11.1. The maximum atomic E-state index is 13.7. The summed E-state index contributed by atoms with van der Waals surface area (Å²) in [5.41, 5.74) is 0.928. The zero-order chi connectivity index (χ0) is 18.2. The minimum atomic E-state index is -2.25. The lowest BCUT2D eigenvalue weighted by Crippen LogP contribution is -2.29. The van der Waals surface area contributed by atoms with Crippen LogP contribution < -0.4 is 4.90 Å². The Morgan fingerprint density at radius 1 is 0.917 bits per heavy atom. The van der Waals surface area contributed by atoms with Crippen molar-refractivity contribution in [2.45, 2.75) is 20.3 Å². The number of hydrogen-bond donors (Lipinski definition) is 0.